The van der Waals surface area contributed by atoms with Crippen molar-refractivity contribution in [3.8, 4) is 0 Å². The highest BCUT2D eigenvalue weighted by Crippen LogP contribution is 2.33. The van der Waals surface area contributed by atoms with Gasteiger partial charge in [-0.25, -0.2) is 0 Å². The van der Waals surface area contributed by atoms with Crippen LogP contribution in [0.2, 0.25) is 0 Å². The third-order valence-corrected chi connectivity index (χ3v) is 20.0. The molecule has 0 aromatic rings. The number of unbranched alkanes of at least 4 members (excludes halogenated alkanes) is 31. The molecular weight excluding hydrogens is 1350 g/mol. The average Bonchev–Trinajstić information content (AvgIpc) is 0.780. The van der Waals surface area contributed by atoms with Crippen molar-refractivity contribution in [2.45, 2.75) is 394 Å². The third kappa shape index (κ3) is 44.9. The zero-order valence-electron chi connectivity index (χ0n) is 65.4. The van der Waals surface area contributed by atoms with Crippen LogP contribution in [0.15, 0.2) is 122 Å². The molecule has 3 heterocycles. The Morgan fingerprint density at radius 3 is 1.02 bits per heavy atom. The molecule has 1 amide bonds. The van der Waals surface area contributed by atoms with Crippen molar-refractivity contribution in [1.82, 2.24) is 5.32 Å². The first kappa shape index (κ1) is 96.4. The number of allylic oxidation sites excluding steroid dienone is 19. The largest absolute Gasteiger partial charge is 0.394 e. The molecule has 3 rings (SSSR count). The zero-order chi connectivity index (χ0) is 76.7. The highest BCUT2D eigenvalue weighted by Gasteiger charge is 2.54. The van der Waals surface area contributed by atoms with E-state index >= 15 is 0 Å². The van der Waals surface area contributed by atoms with Gasteiger partial charge < -0.3 is 89.9 Å². The van der Waals surface area contributed by atoms with Crippen LogP contribution in [0.5, 0.6) is 0 Å². The number of amides is 1. The van der Waals surface area contributed by atoms with E-state index in [-0.39, 0.29) is 18.9 Å². The van der Waals surface area contributed by atoms with Crippen LogP contribution in [0.25, 0.3) is 0 Å². The Kier molecular flexibility index (Phi) is 59.9. The van der Waals surface area contributed by atoms with E-state index in [2.05, 4.69) is 129 Å². The summed E-state index contributed by atoms with van der Waals surface area (Å²) in [5.74, 6) is -0.284. The number of carbonyl (C=O) groups is 1. The number of hydrogen-bond donors (Lipinski definition) is 12. The second-order valence-corrected chi connectivity index (χ2v) is 29.2. The molecule has 0 saturated carbocycles. The number of rotatable bonds is 65. The molecular formula is C87H149NO18. The molecule has 0 bridgehead atoms. The van der Waals surface area contributed by atoms with E-state index in [4.69, 9.17) is 28.4 Å². The number of aliphatic hydroxyl groups excluding tert-OH is 11. The van der Waals surface area contributed by atoms with E-state index in [0.717, 1.165) is 116 Å². The van der Waals surface area contributed by atoms with E-state index in [1.807, 2.05) is 6.08 Å². The minimum Gasteiger partial charge on any atom is -0.394 e. The van der Waals surface area contributed by atoms with Gasteiger partial charge in [-0.3, -0.25) is 4.79 Å². The van der Waals surface area contributed by atoms with Gasteiger partial charge in [0.05, 0.1) is 38.6 Å². The Morgan fingerprint density at radius 1 is 0.349 bits per heavy atom. The second-order valence-electron chi connectivity index (χ2n) is 29.2. The molecule has 106 heavy (non-hydrogen) atoms. The first-order chi connectivity index (χ1) is 51.8. The maximum Gasteiger partial charge on any atom is 0.220 e. The lowest BCUT2D eigenvalue weighted by molar-refractivity contribution is -0.379. The van der Waals surface area contributed by atoms with Crippen LogP contribution in [-0.2, 0) is 33.2 Å². The smallest absolute Gasteiger partial charge is 0.220 e. The topological polar surface area (TPSA) is 307 Å². The van der Waals surface area contributed by atoms with Crippen LogP contribution in [0.3, 0.4) is 0 Å². The van der Waals surface area contributed by atoms with E-state index < -0.39 is 124 Å². The first-order valence-electron chi connectivity index (χ1n) is 41.8. The molecule has 12 N–H and O–H groups in total. The molecule has 19 nitrogen and oxygen atoms in total. The SMILES string of the molecule is CC/C=C\C/C=C\C/C=C\C/C=C\C/C=C\C/C=C\C/C=C\C/C=C\C/C=C\CCCCCCCCCCCC(=O)NC(COC1OC(CO)C(OC2OC(CO)C(OC3OC(CO)C(O)C(O)C3O)C(O)C2O)C(O)C1O)C(O)/C=C/CCCCCCCCCCCCCCCCCCCCCCCC. The highest BCUT2D eigenvalue weighted by molar-refractivity contribution is 5.76. The van der Waals surface area contributed by atoms with Gasteiger partial charge in [0.2, 0.25) is 5.91 Å². The summed E-state index contributed by atoms with van der Waals surface area (Å²) in [5.41, 5.74) is 0. The summed E-state index contributed by atoms with van der Waals surface area (Å²) in [6.45, 7) is 1.64. The van der Waals surface area contributed by atoms with Crippen LogP contribution in [0.4, 0.5) is 0 Å². The number of hydrogen-bond acceptors (Lipinski definition) is 18. The summed E-state index contributed by atoms with van der Waals surface area (Å²) < 4.78 is 34.5. The average molecular weight is 1500 g/mol. The lowest BCUT2D eigenvalue weighted by atomic mass is 9.96. The monoisotopic (exact) mass is 1500 g/mol. The fraction of sp³-hybridized carbons (Fsp3) is 0.759. The fourth-order valence-corrected chi connectivity index (χ4v) is 13.4. The quantitative estimate of drug-likeness (QED) is 0.0199. The zero-order valence-corrected chi connectivity index (χ0v) is 65.4. The third-order valence-electron chi connectivity index (χ3n) is 20.0. The predicted octanol–water partition coefficient (Wildman–Crippen LogP) is 14.7. The highest BCUT2D eigenvalue weighted by atomic mass is 16.8. The van der Waals surface area contributed by atoms with Crippen LogP contribution in [0, 0.1) is 0 Å². The lowest BCUT2D eigenvalue weighted by Gasteiger charge is -2.48. The van der Waals surface area contributed by atoms with Crippen molar-refractivity contribution in [1.29, 1.82) is 0 Å². The van der Waals surface area contributed by atoms with Gasteiger partial charge in [0.25, 0.3) is 0 Å². The van der Waals surface area contributed by atoms with Crippen LogP contribution in [0.1, 0.15) is 290 Å². The minimum absolute atomic E-state index is 0.229. The first-order valence-corrected chi connectivity index (χ1v) is 41.8. The fourth-order valence-electron chi connectivity index (χ4n) is 13.4. The summed E-state index contributed by atoms with van der Waals surface area (Å²) in [7, 11) is 0. The van der Waals surface area contributed by atoms with Gasteiger partial charge in [-0.15, -0.1) is 0 Å². The summed E-state index contributed by atoms with van der Waals surface area (Å²) in [5, 5.41) is 121. The van der Waals surface area contributed by atoms with Crippen LogP contribution >= 0.6 is 0 Å². The molecule has 0 radical (unpaired) electrons. The molecule has 3 fully saturated rings. The summed E-state index contributed by atoms with van der Waals surface area (Å²) >= 11 is 0. The van der Waals surface area contributed by atoms with Crippen molar-refractivity contribution in [2.24, 2.45) is 0 Å². The molecule has 3 aliphatic heterocycles. The van der Waals surface area contributed by atoms with Gasteiger partial charge in [0.15, 0.2) is 18.9 Å². The number of aliphatic hydroxyl groups is 11. The standard InChI is InChI=1S/C87H149NO18/c1-3-5-7-9-11-13-15-17-19-21-23-25-27-29-30-31-32-33-34-35-36-37-38-39-40-41-43-45-47-49-51-53-55-57-59-61-63-65-75(93)88-70(71(92)64-62-60-58-56-54-52-50-48-46-44-42-28-26-24-22-20-18-16-14-12-10-8-6-4-2)69-101-85-81(99)78(96)83(73(67-90)103-85)106-87-82(100)79(97)84(74(68-91)104-87)105-86-80(98)77(95)76(94)72(66-89)102-86/h5,7,11,13,17,19,23,25,29-30,32-33,35-36,38-39,41,43,62,64,70-74,76-87,89-92,94-100H,3-4,6,8-10,12,14-16,18,20-22,24,26-28,31,34,37,40,42,44-61,63,65-69H2,1-2H3,(H,88,93)/b7-5-,13-11-,19-17-,25-23-,30-29-,33-32-,36-35-,39-38-,43-41-,64-62+. The Balaban J connectivity index is 1.36. The normalized spacial score (nSPS) is 26.3. The van der Waals surface area contributed by atoms with Crippen molar-refractivity contribution < 1.29 is 89.4 Å². The van der Waals surface area contributed by atoms with E-state index in [0.29, 0.717) is 6.42 Å². The predicted molar refractivity (Wildman–Crippen MR) is 424 cm³/mol. The van der Waals surface area contributed by atoms with Gasteiger partial charge in [0.1, 0.15) is 73.2 Å². The van der Waals surface area contributed by atoms with E-state index in [1.54, 1.807) is 6.08 Å². The molecule has 17 unspecified atom stereocenters. The number of carbonyl (C=O) groups excluding carboxylic acids is 1. The van der Waals surface area contributed by atoms with Crippen molar-refractivity contribution in [3.63, 3.8) is 0 Å². The van der Waals surface area contributed by atoms with Gasteiger partial charge in [-0.05, 0) is 89.9 Å². The second kappa shape index (κ2) is 65.9. The summed E-state index contributed by atoms with van der Waals surface area (Å²) in [6.07, 6.45) is 66.0. The van der Waals surface area contributed by atoms with Crippen molar-refractivity contribution in [3.05, 3.63) is 122 Å². The maximum atomic E-state index is 13.5. The van der Waals surface area contributed by atoms with Gasteiger partial charge in [-0.1, -0.05) is 315 Å². The molecule has 19 heteroatoms. The molecule has 3 aliphatic rings. The van der Waals surface area contributed by atoms with Crippen LogP contribution in [-0.4, -0.2) is 193 Å². The number of ether oxygens (including phenoxy) is 6. The lowest BCUT2D eigenvalue weighted by Crippen LogP contribution is -2.66. The maximum absolute atomic E-state index is 13.5. The van der Waals surface area contributed by atoms with Crippen LogP contribution < -0.4 is 5.32 Å². The molecule has 0 spiro atoms. The Hall–Kier alpha value is -3.81. The van der Waals surface area contributed by atoms with Gasteiger partial charge in [0, 0.05) is 6.42 Å². The molecule has 0 aromatic carbocycles. The Morgan fingerprint density at radius 2 is 0.651 bits per heavy atom. The van der Waals surface area contributed by atoms with Gasteiger partial charge >= 0.3 is 0 Å². The molecule has 17 atom stereocenters. The Labute approximate surface area is 639 Å². The van der Waals surface area contributed by atoms with E-state index in [1.165, 1.54) is 148 Å². The molecule has 0 aliphatic carbocycles. The summed E-state index contributed by atoms with van der Waals surface area (Å²) in [6, 6.07) is -0.986. The van der Waals surface area contributed by atoms with Gasteiger partial charge in [-0.2, -0.15) is 0 Å². The summed E-state index contributed by atoms with van der Waals surface area (Å²) in [4.78, 5) is 13.5. The minimum atomic E-state index is -1.98. The number of nitrogens with one attached hydrogen (secondary N) is 1. The molecule has 0 aromatic heterocycles. The molecule has 3 saturated heterocycles. The van der Waals surface area contributed by atoms with Crippen molar-refractivity contribution >= 4 is 5.91 Å². The Bertz CT molecular complexity index is 2390. The van der Waals surface area contributed by atoms with Crippen molar-refractivity contribution in [2.75, 3.05) is 26.4 Å². The van der Waals surface area contributed by atoms with E-state index in [9.17, 15) is 61.0 Å². The molecule has 610 valence electrons.